The van der Waals surface area contributed by atoms with Gasteiger partial charge in [-0.3, -0.25) is 0 Å². The van der Waals surface area contributed by atoms with E-state index in [1.165, 1.54) is 12.1 Å². The van der Waals surface area contributed by atoms with Crippen molar-refractivity contribution in [1.29, 1.82) is 0 Å². The Labute approximate surface area is 101 Å². The van der Waals surface area contributed by atoms with Crippen molar-refractivity contribution in [3.63, 3.8) is 0 Å². The summed E-state index contributed by atoms with van der Waals surface area (Å²) in [6, 6.07) is 6.09. The van der Waals surface area contributed by atoms with E-state index in [0.29, 0.717) is 12.0 Å². The molecule has 1 aliphatic carbocycles. The van der Waals surface area contributed by atoms with E-state index in [1.807, 2.05) is 6.92 Å². The standard InChI is InChI=1S/C14H19FO2/c1-2-17-13-7-10(8-13)9-14(16)11-3-5-12(15)6-4-11/h3-6,10,13-14,16H,2,7-9H2,1H3. The van der Waals surface area contributed by atoms with Gasteiger partial charge in [0.1, 0.15) is 5.82 Å². The van der Waals surface area contributed by atoms with Crippen molar-refractivity contribution < 1.29 is 14.2 Å². The fourth-order valence-corrected chi connectivity index (χ4v) is 2.38. The van der Waals surface area contributed by atoms with Crippen LogP contribution >= 0.6 is 0 Å². The maximum Gasteiger partial charge on any atom is 0.123 e. The molecule has 0 saturated heterocycles. The minimum absolute atomic E-state index is 0.263. The summed E-state index contributed by atoms with van der Waals surface area (Å²) in [6.07, 6.45) is 2.71. The molecule has 0 spiro atoms. The molecular formula is C14H19FO2. The summed E-state index contributed by atoms with van der Waals surface area (Å²) in [5.41, 5.74) is 0.797. The monoisotopic (exact) mass is 238 g/mol. The van der Waals surface area contributed by atoms with E-state index in [0.717, 1.165) is 31.4 Å². The van der Waals surface area contributed by atoms with Crippen LogP contribution in [0.15, 0.2) is 24.3 Å². The zero-order valence-corrected chi connectivity index (χ0v) is 10.1. The number of benzene rings is 1. The highest BCUT2D eigenvalue weighted by molar-refractivity contribution is 5.18. The van der Waals surface area contributed by atoms with E-state index in [4.69, 9.17) is 4.74 Å². The van der Waals surface area contributed by atoms with Gasteiger partial charge in [-0.2, -0.15) is 0 Å². The van der Waals surface area contributed by atoms with Crippen LogP contribution in [0.5, 0.6) is 0 Å². The molecule has 94 valence electrons. The lowest BCUT2D eigenvalue weighted by Crippen LogP contribution is -2.32. The third-order valence-electron chi connectivity index (χ3n) is 3.41. The lowest BCUT2D eigenvalue weighted by Gasteiger charge is -2.36. The Hall–Kier alpha value is -0.930. The molecule has 1 fully saturated rings. The zero-order valence-electron chi connectivity index (χ0n) is 10.1. The number of aliphatic hydroxyl groups excluding tert-OH is 1. The van der Waals surface area contributed by atoms with Crippen LogP contribution in [0.1, 0.15) is 37.9 Å². The molecule has 3 heteroatoms. The van der Waals surface area contributed by atoms with Crippen molar-refractivity contribution in [3.8, 4) is 0 Å². The quantitative estimate of drug-likeness (QED) is 0.854. The number of aliphatic hydroxyl groups is 1. The van der Waals surface area contributed by atoms with E-state index in [1.54, 1.807) is 12.1 Å². The summed E-state index contributed by atoms with van der Waals surface area (Å²) in [5, 5.41) is 10.00. The Morgan fingerprint density at radius 2 is 2.00 bits per heavy atom. The van der Waals surface area contributed by atoms with E-state index in [9.17, 15) is 9.50 Å². The van der Waals surface area contributed by atoms with Gasteiger partial charge in [-0.05, 0) is 49.8 Å². The second kappa shape index (κ2) is 5.61. The largest absolute Gasteiger partial charge is 0.388 e. The third kappa shape index (κ3) is 3.27. The van der Waals surface area contributed by atoms with Gasteiger partial charge in [-0.25, -0.2) is 4.39 Å². The number of ether oxygens (including phenoxy) is 1. The van der Waals surface area contributed by atoms with Gasteiger partial charge in [0.15, 0.2) is 0 Å². The Morgan fingerprint density at radius 1 is 1.35 bits per heavy atom. The van der Waals surface area contributed by atoms with Crippen LogP contribution in [0.25, 0.3) is 0 Å². The number of hydrogen-bond acceptors (Lipinski definition) is 2. The summed E-state index contributed by atoms with van der Waals surface area (Å²) in [4.78, 5) is 0. The van der Waals surface area contributed by atoms with E-state index in [2.05, 4.69) is 0 Å². The smallest absolute Gasteiger partial charge is 0.123 e. The predicted molar refractivity (Wildman–Crippen MR) is 64.1 cm³/mol. The summed E-state index contributed by atoms with van der Waals surface area (Å²) >= 11 is 0. The fourth-order valence-electron chi connectivity index (χ4n) is 2.38. The molecule has 1 saturated carbocycles. The van der Waals surface area contributed by atoms with Crippen molar-refractivity contribution >= 4 is 0 Å². The Morgan fingerprint density at radius 3 is 2.59 bits per heavy atom. The molecule has 0 heterocycles. The SMILES string of the molecule is CCOC1CC(CC(O)c2ccc(F)cc2)C1. The average Bonchev–Trinajstić information content (AvgIpc) is 2.27. The molecule has 0 radical (unpaired) electrons. The molecule has 1 aromatic rings. The molecule has 1 aromatic carbocycles. The molecule has 1 aliphatic rings. The Kier molecular flexibility index (Phi) is 4.13. The van der Waals surface area contributed by atoms with Gasteiger partial charge in [0.2, 0.25) is 0 Å². The first-order valence-corrected chi connectivity index (χ1v) is 6.24. The van der Waals surface area contributed by atoms with Gasteiger partial charge in [-0.15, -0.1) is 0 Å². The van der Waals surface area contributed by atoms with Gasteiger partial charge < -0.3 is 9.84 Å². The molecule has 1 unspecified atom stereocenters. The minimum atomic E-state index is -0.483. The van der Waals surface area contributed by atoms with Crippen molar-refractivity contribution in [2.45, 2.75) is 38.4 Å². The van der Waals surface area contributed by atoms with Crippen LogP contribution in [-0.2, 0) is 4.74 Å². The zero-order chi connectivity index (χ0) is 12.3. The van der Waals surface area contributed by atoms with Gasteiger partial charge in [0.25, 0.3) is 0 Å². The van der Waals surface area contributed by atoms with E-state index < -0.39 is 6.10 Å². The molecule has 0 amide bonds. The van der Waals surface area contributed by atoms with Crippen molar-refractivity contribution in [2.24, 2.45) is 5.92 Å². The van der Waals surface area contributed by atoms with Crippen LogP contribution in [-0.4, -0.2) is 17.8 Å². The highest BCUT2D eigenvalue weighted by Gasteiger charge is 2.31. The fraction of sp³-hybridized carbons (Fsp3) is 0.571. The van der Waals surface area contributed by atoms with Crippen molar-refractivity contribution in [3.05, 3.63) is 35.6 Å². The Balaban J connectivity index is 1.78. The predicted octanol–water partition coefficient (Wildman–Crippen LogP) is 3.06. The number of hydrogen-bond donors (Lipinski definition) is 1. The van der Waals surface area contributed by atoms with Crippen LogP contribution in [0.3, 0.4) is 0 Å². The van der Waals surface area contributed by atoms with Crippen LogP contribution < -0.4 is 0 Å². The lowest BCUT2D eigenvalue weighted by molar-refractivity contribution is -0.0380. The summed E-state index contributed by atoms with van der Waals surface area (Å²) in [7, 11) is 0. The summed E-state index contributed by atoms with van der Waals surface area (Å²) < 4.78 is 18.2. The number of rotatable bonds is 5. The normalized spacial score (nSPS) is 25.4. The molecule has 2 nitrogen and oxygen atoms in total. The molecular weight excluding hydrogens is 219 g/mol. The summed E-state index contributed by atoms with van der Waals surface area (Å²) in [6.45, 7) is 2.76. The number of halogens is 1. The minimum Gasteiger partial charge on any atom is -0.388 e. The van der Waals surface area contributed by atoms with Crippen molar-refractivity contribution in [2.75, 3.05) is 6.61 Å². The highest BCUT2D eigenvalue weighted by Crippen LogP contribution is 2.36. The molecule has 1 atom stereocenters. The first-order valence-electron chi connectivity index (χ1n) is 6.24. The lowest BCUT2D eigenvalue weighted by atomic mass is 9.78. The molecule has 17 heavy (non-hydrogen) atoms. The highest BCUT2D eigenvalue weighted by atomic mass is 19.1. The first kappa shape index (κ1) is 12.5. The topological polar surface area (TPSA) is 29.5 Å². The van der Waals surface area contributed by atoms with Crippen molar-refractivity contribution in [1.82, 2.24) is 0 Å². The van der Waals surface area contributed by atoms with Crippen LogP contribution in [0, 0.1) is 11.7 Å². The maximum atomic E-state index is 12.7. The molecule has 0 aliphatic heterocycles. The summed E-state index contributed by atoms with van der Waals surface area (Å²) in [5.74, 6) is 0.271. The van der Waals surface area contributed by atoms with Crippen LogP contribution in [0.2, 0.25) is 0 Å². The van der Waals surface area contributed by atoms with Gasteiger partial charge in [-0.1, -0.05) is 12.1 Å². The molecule has 2 rings (SSSR count). The second-order valence-corrected chi connectivity index (χ2v) is 4.72. The van der Waals surface area contributed by atoms with Gasteiger partial charge in [0.05, 0.1) is 12.2 Å². The average molecular weight is 238 g/mol. The second-order valence-electron chi connectivity index (χ2n) is 4.72. The van der Waals surface area contributed by atoms with Crippen LogP contribution in [0.4, 0.5) is 4.39 Å². The van der Waals surface area contributed by atoms with Gasteiger partial charge in [0, 0.05) is 6.61 Å². The third-order valence-corrected chi connectivity index (χ3v) is 3.41. The Bertz CT molecular complexity index is 344. The van der Waals surface area contributed by atoms with Gasteiger partial charge >= 0.3 is 0 Å². The maximum absolute atomic E-state index is 12.7. The molecule has 0 aromatic heterocycles. The molecule has 0 bridgehead atoms. The molecule has 1 N–H and O–H groups in total. The van der Waals surface area contributed by atoms with E-state index >= 15 is 0 Å². The first-order chi connectivity index (χ1) is 8.19. The van der Waals surface area contributed by atoms with E-state index in [-0.39, 0.29) is 5.82 Å².